The molecule has 0 radical (unpaired) electrons. The Hall–Kier alpha value is -4.45. The average Bonchev–Trinajstić information content (AvgIpc) is 2.89. The molecule has 1 aliphatic rings. The first-order chi connectivity index (χ1) is 16.5. The minimum Gasteiger partial charge on any atom is -0.450 e. The predicted octanol–water partition coefficient (Wildman–Crippen LogP) is 4.79. The smallest absolute Gasteiger partial charge is 0.338 e. The molecular formula is C28H22O6. The van der Waals surface area contributed by atoms with Gasteiger partial charge < -0.3 is 14.2 Å². The summed E-state index contributed by atoms with van der Waals surface area (Å²) < 4.78 is 17.1. The van der Waals surface area contributed by atoms with Crippen LogP contribution in [0.1, 0.15) is 31.1 Å². The molecule has 0 aliphatic heterocycles. The molecular weight excluding hydrogens is 432 g/mol. The fourth-order valence-corrected chi connectivity index (χ4v) is 3.47. The molecule has 0 heterocycles. The quantitative estimate of drug-likeness (QED) is 0.394. The Bertz CT molecular complexity index is 1200. The molecule has 0 saturated carbocycles. The van der Waals surface area contributed by atoms with Crippen molar-refractivity contribution in [3.8, 4) is 0 Å². The molecule has 3 aromatic carbocycles. The van der Waals surface area contributed by atoms with Crippen LogP contribution in [0.4, 0.5) is 0 Å². The number of rotatable bonds is 6. The van der Waals surface area contributed by atoms with Crippen LogP contribution in [0.25, 0.3) is 0 Å². The molecule has 0 aromatic heterocycles. The molecule has 4 rings (SSSR count). The fourth-order valence-electron chi connectivity index (χ4n) is 3.47. The topological polar surface area (TPSA) is 78.9 Å². The van der Waals surface area contributed by atoms with Crippen LogP contribution in [0.5, 0.6) is 0 Å². The van der Waals surface area contributed by atoms with E-state index < -0.39 is 36.2 Å². The molecule has 0 fully saturated rings. The van der Waals surface area contributed by atoms with Crippen molar-refractivity contribution in [3.05, 3.63) is 132 Å². The zero-order chi connectivity index (χ0) is 23.9. The van der Waals surface area contributed by atoms with E-state index in [-0.39, 0.29) is 0 Å². The Morgan fingerprint density at radius 2 is 1.00 bits per heavy atom. The van der Waals surface area contributed by atoms with Crippen molar-refractivity contribution in [2.45, 2.75) is 18.3 Å². The molecule has 0 amide bonds. The van der Waals surface area contributed by atoms with Crippen LogP contribution in [-0.4, -0.2) is 36.2 Å². The van der Waals surface area contributed by atoms with E-state index in [1.807, 2.05) is 0 Å². The van der Waals surface area contributed by atoms with Gasteiger partial charge in [-0.3, -0.25) is 0 Å². The molecule has 3 aromatic rings. The lowest BCUT2D eigenvalue weighted by atomic mass is 9.94. The van der Waals surface area contributed by atoms with Gasteiger partial charge in [0.25, 0.3) is 0 Å². The highest BCUT2D eigenvalue weighted by atomic mass is 16.6. The number of benzene rings is 3. The van der Waals surface area contributed by atoms with Gasteiger partial charge in [0.1, 0.15) is 0 Å². The van der Waals surface area contributed by atoms with E-state index in [1.165, 1.54) is 0 Å². The second kappa shape index (κ2) is 10.4. The van der Waals surface area contributed by atoms with Crippen molar-refractivity contribution in [1.29, 1.82) is 0 Å². The summed E-state index contributed by atoms with van der Waals surface area (Å²) in [6.07, 6.45) is -0.0264. The van der Waals surface area contributed by atoms with Crippen LogP contribution in [-0.2, 0) is 14.2 Å². The van der Waals surface area contributed by atoms with Gasteiger partial charge in [0.15, 0.2) is 18.3 Å². The van der Waals surface area contributed by atoms with Gasteiger partial charge in [-0.1, -0.05) is 67.3 Å². The largest absolute Gasteiger partial charge is 0.450 e. The molecule has 0 N–H and O–H groups in total. The van der Waals surface area contributed by atoms with Gasteiger partial charge in [0.05, 0.1) is 16.7 Å². The van der Waals surface area contributed by atoms with Gasteiger partial charge in [-0.25, -0.2) is 14.4 Å². The molecule has 0 saturated heterocycles. The number of esters is 3. The number of carbonyl (C=O) groups is 3. The Morgan fingerprint density at radius 1 is 0.588 bits per heavy atom. The zero-order valence-corrected chi connectivity index (χ0v) is 18.2. The average molecular weight is 454 g/mol. The third kappa shape index (κ3) is 5.30. The minimum absolute atomic E-state index is 0.309. The van der Waals surface area contributed by atoms with Crippen molar-refractivity contribution in [2.75, 3.05) is 0 Å². The number of ether oxygens (including phenoxy) is 3. The molecule has 3 atom stereocenters. The highest BCUT2D eigenvalue weighted by Crippen LogP contribution is 2.27. The second-order valence-electron chi connectivity index (χ2n) is 7.60. The molecule has 6 heteroatoms. The summed E-state index contributed by atoms with van der Waals surface area (Å²) in [6, 6.07) is 25.3. The van der Waals surface area contributed by atoms with E-state index >= 15 is 0 Å². The van der Waals surface area contributed by atoms with Crippen molar-refractivity contribution < 1.29 is 28.6 Å². The number of carbonyl (C=O) groups excluding carboxylic acids is 3. The highest BCUT2D eigenvalue weighted by molar-refractivity contribution is 5.91. The van der Waals surface area contributed by atoms with E-state index in [2.05, 4.69) is 6.58 Å². The summed E-state index contributed by atoms with van der Waals surface area (Å²) in [5.41, 5.74) is 1.38. The monoisotopic (exact) mass is 454 g/mol. The van der Waals surface area contributed by atoms with Gasteiger partial charge in [-0.15, -0.1) is 0 Å². The Labute approximate surface area is 197 Å². The van der Waals surface area contributed by atoms with Crippen molar-refractivity contribution in [1.82, 2.24) is 0 Å². The van der Waals surface area contributed by atoms with E-state index in [0.29, 0.717) is 22.3 Å². The third-order valence-corrected chi connectivity index (χ3v) is 5.24. The summed E-state index contributed by atoms with van der Waals surface area (Å²) >= 11 is 0. The molecule has 0 bridgehead atoms. The Balaban J connectivity index is 1.61. The van der Waals surface area contributed by atoms with Gasteiger partial charge in [0.2, 0.25) is 0 Å². The SMILES string of the molecule is C=C1C=CC(OC(=O)c2ccccc2)C(OC(=O)c2ccccc2)C1OC(=O)c1ccccc1. The summed E-state index contributed by atoms with van der Waals surface area (Å²) in [4.78, 5) is 38.4. The van der Waals surface area contributed by atoms with Crippen LogP contribution in [0.2, 0.25) is 0 Å². The van der Waals surface area contributed by atoms with Crippen LogP contribution in [0, 0.1) is 0 Å². The van der Waals surface area contributed by atoms with E-state index in [9.17, 15) is 14.4 Å². The van der Waals surface area contributed by atoms with E-state index in [0.717, 1.165) is 0 Å². The Morgan fingerprint density at radius 3 is 1.47 bits per heavy atom. The van der Waals surface area contributed by atoms with Gasteiger partial charge in [0, 0.05) is 0 Å². The van der Waals surface area contributed by atoms with Gasteiger partial charge in [-0.2, -0.15) is 0 Å². The van der Waals surface area contributed by atoms with E-state index in [1.54, 1.807) is 103 Å². The first-order valence-electron chi connectivity index (χ1n) is 10.7. The van der Waals surface area contributed by atoms with Crippen molar-refractivity contribution in [3.63, 3.8) is 0 Å². The zero-order valence-electron chi connectivity index (χ0n) is 18.2. The maximum absolute atomic E-state index is 12.9. The van der Waals surface area contributed by atoms with Crippen LogP contribution < -0.4 is 0 Å². The first kappa shape index (κ1) is 22.7. The first-order valence-corrected chi connectivity index (χ1v) is 10.7. The fraction of sp³-hybridized carbons (Fsp3) is 0.107. The van der Waals surface area contributed by atoms with E-state index in [4.69, 9.17) is 14.2 Å². The number of hydrogen-bond donors (Lipinski definition) is 0. The number of hydrogen-bond acceptors (Lipinski definition) is 6. The summed E-state index contributed by atoms with van der Waals surface area (Å²) in [7, 11) is 0. The molecule has 6 nitrogen and oxygen atoms in total. The molecule has 170 valence electrons. The lowest BCUT2D eigenvalue weighted by Crippen LogP contribution is -2.47. The second-order valence-corrected chi connectivity index (χ2v) is 7.60. The molecule has 3 unspecified atom stereocenters. The maximum atomic E-state index is 12.9. The molecule has 34 heavy (non-hydrogen) atoms. The summed E-state index contributed by atoms with van der Waals surface area (Å²) in [5.74, 6) is -1.86. The van der Waals surface area contributed by atoms with Gasteiger partial charge >= 0.3 is 17.9 Å². The van der Waals surface area contributed by atoms with Crippen LogP contribution in [0.15, 0.2) is 115 Å². The van der Waals surface area contributed by atoms with Crippen LogP contribution in [0.3, 0.4) is 0 Å². The lowest BCUT2D eigenvalue weighted by Gasteiger charge is -2.34. The maximum Gasteiger partial charge on any atom is 0.338 e. The van der Waals surface area contributed by atoms with Gasteiger partial charge in [-0.05, 0) is 48.0 Å². The molecule has 1 aliphatic carbocycles. The predicted molar refractivity (Wildman–Crippen MR) is 125 cm³/mol. The molecule has 0 spiro atoms. The highest BCUT2D eigenvalue weighted by Gasteiger charge is 2.41. The lowest BCUT2D eigenvalue weighted by molar-refractivity contribution is -0.0674. The Kier molecular flexibility index (Phi) is 6.98. The summed E-state index contributed by atoms with van der Waals surface area (Å²) in [5, 5.41) is 0. The third-order valence-electron chi connectivity index (χ3n) is 5.24. The van der Waals surface area contributed by atoms with Crippen molar-refractivity contribution >= 4 is 17.9 Å². The minimum atomic E-state index is -1.13. The van der Waals surface area contributed by atoms with Crippen molar-refractivity contribution in [2.24, 2.45) is 0 Å². The standard InChI is InChI=1S/C28H22O6/c1-19-17-18-23(32-26(29)20-11-5-2-6-12-20)25(34-28(31)22-15-9-4-10-16-22)24(19)33-27(30)21-13-7-3-8-14-21/h2-18,23-25H,1H2. The normalized spacial score (nSPS) is 19.2. The summed E-state index contributed by atoms with van der Waals surface area (Å²) in [6.45, 7) is 3.95. The van der Waals surface area contributed by atoms with Crippen LogP contribution >= 0.6 is 0 Å².